The average Bonchev–Trinajstić information content (AvgIpc) is 3.04. The van der Waals surface area contributed by atoms with Crippen molar-refractivity contribution in [2.75, 3.05) is 45.9 Å². The van der Waals surface area contributed by atoms with Crippen LogP contribution in [0.3, 0.4) is 0 Å². The minimum atomic E-state index is -3.71. The zero-order valence-electron chi connectivity index (χ0n) is 14.8. The molecule has 11 heteroatoms. The van der Waals surface area contributed by atoms with Gasteiger partial charge in [0.2, 0.25) is 5.16 Å². The minimum absolute atomic E-state index is 0.0318. The molecule has 1 fully saturated rings. The van der Waals surface area contributed by atoms with Crippen molar-refractivity contribution < 1.29 is 18.1 Å². The van der Waals surface area contributed by atoms with Gasteiger partial charge in [0.15, 0.2) is 0 Å². The summed E-state index contributed by atoms with van der Waals surface area (Å²) in [5.41, 5.74) is 0.862. The van der Waals surface area contributed by atoms with Crippen LogP contribution in [0, 0.1) is 10.1 Å². The van der Waals surface area contributed by atoms with Crippen molar-refractivity contribution in [3.63, 3.8) is 0 Å². The third kappa shape index (κ3) is 3.43. The number of hydrogen-bond acceptors (Lipinski definition) is 7. The van der Waals surface area contributed by atoms with E-state index >= 15 is 0 Å². The molecule has 0 radical (unpaired) electrons. The molecule has 3 heterocycles. The second-order valence-corrected chi connectivity index (χ2v) is 8.52. The van der Waals surface area contributed by atoms with Crippen molar-refractivity contribution in [2.24, 2.45) is 0 Å². The molecule has 2 aliphatic heterocycles. The fourth-order valence-electron chi connectivity index (χ4n) is 3.59. The number of morpholine rings is 1. The van der Waals surface area contributed by atoms with Gasteiger partial charge in [0.05, 0.1) is 29.2 Å². The fraction of sp³-hybridized carbons (Fsp3) is 0.562. The van der Waals surface area contributed by atoms with Crippen LogP contribution in [-0.4, -0.2) is 78.0 Å². The van der Waals surface area contributed by atoms with Crippen LogP contribution in [0.5, 0.6) is 0 Å². The van der Waals surface area contributed by atoms with E-state index in [-0.39, 0.29) is 10.8 Å². The zero-order valence-corrected chi connectivity index (χ0v) is 15.6. The van der Waals surface area contributed by atoms with E-state index in [9.17, 15) is 18.5 Å². The van der Waals surface area contributed by atoms with Gasteiger partial charge in [-0.1, -0.05) is 0 Å². The van der Waals surface area contributed by atoms with Crippen LogP contribution in [0.15, 0.2) is 23.4 Å². The minimum Gasteiger partial charge on any atom is -0.379 e. The van der Waals surface area contributed by atoms with Gasteiger partial charge in [-0.15, -0.1) is 0 Å². The third-order valence-corrected chi connectivity index (χ3v) is 6.85. The lowest BCUT2D eigenvalue weighted by Gasteiger charge is -2.29. The number of nitro groups is 1. The van der Waals surface area contributed by atoms with Gasteiger partial charge in [0, 0.05) is 44.9 Å². The molecule has 146 valence electrons. The quantitative estimate of drug-likeness (QED) is 0.540. The molecule has 4 rings (SSSR count). The molecule has 27 heavy (non-hydrogen) atoms. The van der Waals surface area contributed by atoms with E-state index in [4.69, 9.17) is 4.74 Å². The number of sulfonamides is 1. The van der Waals surface area contributed by atoms with Crippen LogP contribution in [0.25, 0.3) is 11.0 Å². The summed E-state index contributed by atoms with van der Waals surface area (Å²) >= 11 is 0. The summed E-state index contributed by atoms with van der Waals surface area (Å²) in [7, 11) is -3.71. The van der Waals surface area contributed by atoms with Crippen molar-refractivity contribution in [2.45, 2.75) is 18.1 Å². The van der Waals surface area contributed by atoms with Crippen molar-refractivity contribution in [3.05, 3.63) is 28.3 Å². The van der Waals surface area contributed by atoms with Crippen LogP contribution >= 0.6 is 0 Å². The molecule has 0 spiro atoms. The molecule has 1 saturated heterocycles. The first-order valence-electron chi connectivity index (χ1n) is 8.92. The fourth-order valence-corrected chi connectivity index (χ4v) is 5.19. The first-order chi connectivity index (χ1) is 13.0. The van der Waals surface area contributed by atoms with Crippen molar-refractivity contribution in [1.29, 1.82) is 0 Å². The highest BCUT2D eigenvalue weighted by molar-refractivity contribution is 7.89. The maximum atomic E-state index is 12.9. The Bertz CT molecular complexity index is 967. The number of nitro benzene ring substituents is 1. The van der Waals surface area contributed by atoms with E-state index in [1.165, 1.54) is 22.5 Å². The summed E-state index contributed by atoms with van der Waals surface area (Å²) in [5.74, 6) is 0. The summed E-state index contributed by atoms with van der Waals surface area (Å²) < 4.78 is 34.2. The number of hydrogen-bond donors (Lipinski definition) is 0. The number of rotatable bonds is 5. The van der Waals surface area contributed by atoms with E-state index in [1.54, 1.807) is 4.57 Å². The highest BCUT2D eigenvalue weighted by Gasteiger charge is 2.34. The number of aromatic nitrogens is 2. The Kier molecular flexibility index (Phi) is 4.84. The van der Waals surface area contributed by atoms with Crippen LogP contribution < -0.4 is 0 Å². The lowest BCUT2D eigenvalue weighted by molar-refractivity contribution is -0.384. The summed E-state index contributed by atoms with van der Waals surface area (Å²) in [6, 6.07) is 4.22. The molecule has 0 bridgehead atoms. The van der Waals surface area contributed by atoms with Gasteiger partial charge < -0.3 is 9.30 Å². The topological polar surface area (TPSA) is 111 Å². The Morgan fingerprint density at radius 3 is 2.67 bits per heavy atom. The van der Waals surface area contributed by atoms with Gasteiger partial charge in [0.1, 0.15) is 0 Å². The second kappa shape index (κ2) is 7.15. The molecule has 10 nitrogen and oxygen atoms in total. The highest BCUT2D eigenvalue weighted by atomic mass is 32.2. The molecule has 2 aromatic rings. The molecule has 0 atom stereocenters. The van der Waals surface area contributed by atoms with E-state index in [2.05, 4.69) is 9.88 Å². The van der Waals surface area contributed by atoms with Crippen LogP contribution in [-0.2, 0) is 21.3 Å². The molecule has 0 saturated carbocycles. The standard InChI is InChI=1S/C16H21N5O5S/c22-21(23)13-2-3-14-15(12-13)20-7-6-19(27(24,25)16(20)17-14)5-1-4-18-8-10-26-11-9-18/h2-3,12H,1,4-11H2. The Labute approximate surface area is 156 Å². The molecule has 0 aliphatic carbocycles. The number of imidazole rings is 1. The SMILES string of the molecule is O=[N+]([O-])c1ccc2nc3n(c2c1)CCN(CCCN1CCOCC1)S3(=O)=O. The number of ether oxygens (including phenoxy) is 1. The highest BCUT2D eigenvalue weighted by Crippen LogP contribution is 2.28. The normalized spacial score (nSPS) is 20.6. The first kappa shape index (κ1) is 18.3. The maximum absolute atomic E-state index is 12.9. The lowest BCUT2D eigenvalue weighted by atomic mass is 10.3. The van der Waals surface area contributed by atoms with Gasteiger partial charge >= 0.3 is 0 Å². The van der Waals surface area contributed by atoms with Gasteiger partial charge in [0.25, 0.3) is 15.7 Å². The summed E-state index contributed by atoms with van der Waals surface area (Å²) in [4.78, 5) is 17.0. The largest absolute Gasteiger partial charge is 0.379 e. The third-order valence-electron chi connectivity index (χ3n) is 5.04. The predicted octanol–water partition coefficient (Wildman–Crippen LogP) is 0.671. The Balaban J connectivity index is 1.53. The number of non-ortho nitro benzene ring substituents is 1. The van der Waals surface area contributed by atoms with E-state index in [0.29, 0.717) is 30.7 Å². The van der Waals surface area contributed by atoms with Gasteiger partial charge in [-0.05, 0) is 19.0 Å². The Morgan fingerprint density at radius 1 is 1.15 bits per heavy atom. The molecule has 1 aromatic heterocycles. The number of nitrogens with zero attached hydrogens (tertiary/aromatic N) is 5. The second-order valence-electron chi connectivity index (χ2n) is 6.69. The monoisotopic (exact) mass is 395 g/mol. The summed E-state index contributed by atoms with van der Waals surface area (Å²) in [5, 5.41) is 11.0. The molecular weight excluding hydrogens is 374 g/mol. The van der Waals surface area contributed by atoms with Crippen LogP contribution in [0.1, 0.15) is 6.42 Å². The van der Waals surface area contributed by atoms with E-state index in [0.717, 1.165) is 39.3 Å². The van der Waals surface area contributed by atoms with Crippen molar-refractivity contribution in [1.82, 2.24) is 18.8 Å². The molecular formula is C16H21N5O5S. The predicted molar refractivity (Wildman–Crippen MR) is 97.0 cm³/mol. The number of fused-ring (bicyclic) bond motifs is 3. The summed E-state index contributed by atoms with van der Waals surface area (Å²) in [6.45, 7) is 5.23. The number of benzene rings is 1. The van der Waals surface area contributed by atoms with E-state index in [1.807, 2.05) is 0 Å². The molecule has 2 aliphatic rings. The van der Waals surface area contributed by atoms with E-state index < -0.39 is 14.9 Å². The lowest BCUT2D eigenvalue weighted by Crippen LogP contribution is -2.42. The summed E-state index contributed by atoms with van der Waals surface area (Å²) in [6.07, 6.45) is 0.741. The molecule has 1 aromatic carbocycles. The van der Waals surface area contributed by atoms with Gasteiger partial charge in [-0.2, -0.15) is 4.31 Å². The molecule has 0 amide bonds. The smallest absolute Gasteiger partial charge is 0.277 e. The maximum Gasteiger partial charge on any atom is 0.277 e. The Morgan fingerprint density at radius 2 is 1.93 bits per heavy atom. The van der Waals surface area contributed by atoms with Gasteiger partial charge in [-0.25, -0.2) is 13.4 Å². The van der Waals surface area contributed by atoms with Gasteiger partial charge in [-0.3, -0.25) is 15.0 Å². The van der Waals surface area contributed by atoms with Crippen molar-refractivity contribution >= 4 is 26.7 Å². The van der Waals surface area contributed by atoms with Crippen LogP contribution in [0.4, 0.5) is 5.69 Å². The zero-order chi connectivity index (χ0) is 19.0. The first-order valence-corrected chi connectivity index (χ1v) is 10.4. The molecule has 0 N–H and O–H groups in total. The molecule has 0 unspecified atom stereocenters. The van der Waals surface area contributed by atoms with Crippen molar-refractivity contribution in [3.8, 4) is 0 Å². The Hall–Kier alpha value is -2.08. The van der Waals surface area contributed by atoms with Crippen LogP contribution in [0.2, 0.25) is 0 Å². The average molecular weight is 395 g/mol.